The molecule has 7 heteroatoms. The molecule has 1 aromatic rings. The molecular formula is C14H24N6O. The van der Waals surface area contributed by atoms with Crippen LogP contribution in [0, 0.1) is 5.92 Å². The third-order valence-corrected chi connectivity index (χ3v) is 4.28. The number of nitrogen functional groups attached to an aromatic ring is 1. The van der Waals surface area contributed by atoms with Gasteiger partial charge in [-0.3, -0.25) is 0 Å². The topological polar surface area (TPSA) is 89.2 Å². The summed E-state index contributed by atoms with van der Waals surface area (Å²) in [7, 11) is 0. The Kier molecular flexibility index (Phi) is 4.38. The van der Waals surface area contributed by atoms with Gasteiger partial charge < -0.3 is 20.7 Å². The minimum atomic E-state index is 0.276. The van der Waals surface area contributed by atoms with E-state index in [2.05, 4.69) is 32.1 Å². The van der Waals surface area contributed by atoms with Gasteiger partial charge in [-0.25, -0.2) is 0 Å². The second kappa shape index (κ2) is 6.43. The van der Waals surface area contributed by atoms with Crippen LogP contribution < -0.4 is 16.0 Å². The largest absolute Gasteiger partial charge is 0.378 e. The summed E-state index contributed by atoms with van der Waals surface area (Å²) in [5.41, 5.74) is 5.83. The van der Waals surface area contributed by atoms with Crippen LogP contribution in [0.3, 0.4) is 0 Å². The minimum absolute atomic E-state index is 0.276. The smallest absolute Gasteiger partial charge is 0.232 e. The lowest BCUT2D eigenvalue weighted by Crippen LogP contribution is -2.37. The molecular weight excluding hydrogens is 268 g/mol. The van der Waals surface area contributed by atoms with E-state index in [1.54, 1.807) is 0 Å². The molecule has 0 bridgehead atoms. The molecule has 0 aromatic carbocycles. The van der Waals surface area contributed by atoms with Crippen molar-refractivity contribution in [2.45, 2.75) is 38.6 Å². The van der Waals surface area contributed by atoms with Crippen LogP contribution in [0.25, 0.3) is 0 Å². The van der Waals surface area contributed by atoms with Gasteiger partial charge in [0.25, 0.3) is 0 Å². The van der Waals surface area contributed by atoms with Gasteiger partial charge in [0.15, 0.2) is 0 Å². The van der Waals surface area contributed by atoms with E-state index in [0.29, 0.717) is 31.2 Å². The van der Waals surface area contributed by atoms with Crippen molar-refractivity contribution in [3.05, 3.63) is 0 Å². The Hall–Kier alpha value is -1.63. The highest BCUT2D eigenvalue weighted by molar-refractivity contribution is 5.42. The fraction of sp³-hybridized carbons (Fsp3) is 0.786. The van der Waals surface area contributed by atoms with Crippen molar-refractivity contribution in [2.75, 3.05) is 42.3 Å². The van der Waals surface area contributed by atoms with E-state index in [-0.39, 0.29) is 5.95 Å². The van der Waals surface area contributed by atoms with Crippen LogP contribution >= 0.6 is 0 Å². The van der Waals surface area contributed by atoms with Crippen LogP contribution in [0.4, 0.5) is 17.8 Å². The Morgan fingerprint density at radius 2 is 1.81 bits per heavy atom. The molecule has 1 aliphatic carbocycles. The SMILES string of the molecule is CC1CCC(Nc2nc(N)nc(N3CCOCC3)n2)CC1. The number of rotatable bonds is 3. The van der Waals surface area contributed by atoms with E-state index in [9.17, 15) is 0 Å². The maximum atomic E-state index is 5.83. The fourth-order valence-corrected chi connectivity index (χ4v) is 2.94. The maximum absolute atomic E-state index is 5.83. The number of morpholine rings is 1. The number of nitrogens with one attached hydrogen (secondary N) is 1. The summed E-state index contributed by atoms with van der Waals surface area (Å²) in [6.07, 6.45) is 4.85. The third-order valence-electron chi connectivity index (χ3n) is 4.28. The summed E-state index contributed by atoms with van der Waals surface area (Å²) < 4.78 is 5.35. The summed E-state index contributed by atoms with van der Waals surface area (Å²) in [5, 5.41) is 3.42. The lowest BCUT2D eigenvalue weighted by Gasteiger charge is -2.28. The van der Waals surface area contributed by atoms with E-state index >= 15 is 0 Å². The van der Waals surface area contributed by atoms with Crippen LogP contribution in [0.5, 0.6) is 0 Å². The highest BCUT2D eigenvalue weighted by atomic mass is 16.5. The van der Waals surface area contributed by atoms with Crippen LogP contribution in [0.1, 0.15) is 32.6 Å². The average molecular weight is 292 g/mol. The molecule has 116 valence electrons. The van der Waals surface area contributed by atoms with Crippen molar-refractivity contribution < 1.29 is 4.74 Å². The monoisotopic (exact) mass is 292 g/mol. The molecule has 21 heavy (non-hydrogen) atoms. The molecule has 3 N–H and O–H groups in total. The van der Waals surface area contributed by atoms with Gasteiger partial charge in [0.1, 0.15) is 0 Å². The molecule has 0 radical (unpaired) electrons. The minimum Gasteiger partial charge on any atom is -0.378 e. The van der Waals surface area contributed by atoms with Gasteiger partial charge in [0.2, 0.25) is 17.8 Å². The van der Waals surface area contributed by atoms with E-state index in [1.165, 1.54) is 25.7 Å². The summed E-state index contributed by atoms with van der Waals surface area (Å²) in [4.78, 5) is 15.1. The molecule has 7 nitrogen and oxygen atoms in total. The average Bonchev–Trinajstić information content (AvgIpc) is 2.50. The Morgan fingerprint density at radius 1 is 1.10 bits per heavy atom. The molecule has 0 amide bonds. The second-order valence-electron chi connectivity index (χ2n) is 6.02. The van der Waals surface area contributed by atoms with Gasteiger partial charge in [-0.05, 0) is 31.6 Å². The quantitative estimate of drug-likeness (QED) is 0.867. The number of nitrogens with two attached hydrogens (primary N) is 1. The van der Waals surface area contributed by atoms with Gasteiger partial charge in [-0.1, -0.05) is 6.92 Å². The van der Waals surface area contributed by atoms with Crippen molar-refractivity contribution >= 4 is 17.8 Å². The maximum Gasteiger partial charge on any atom is 0.232 e. The first kappa shape index (κ1) is 14.3. The highest BCUT2D eigenvalue weighted by Gasteiger charge is 2.20. The molecule has 1 saturated carbocycles. The van der Waals surface area contributed by atoms with Gasteiger partial charge in [0.05, 0.1) is 13.2 Å². The molecule has 0 spiro atoms. The lowest BCUT2D eigenvalue weighted by molar-refractivity contribution is 0.122. The Morgan fingerprint density at radius 3 is 2.52 bits per heavy atom. The molecule has 2 aliphatic rings. The van der Waals surface area contributed by atoms with Gasteiger partial charge in [0, 0.05) is 19.1 Å². The molecule has 1 aliphatic heterocycles. The molecule has 2 fully saturated rings. The van der Waals surface area contributed by atoms with Crippen LogP contribution in [0.15, 0.2) is 0 Å². The first-order valence-corrected chi connectivity index (χ1v) is 7.81. The van der Waals surface area contributed by atoms with E-state index < -0.39 is 0 Å². The second-order valence-corrected chi connectivity index (χ2v) is 6.02. The third kappa shape index (κ3) is 3.72. The molecule has 1 saturated heterocycles. The van der Waals surface area contributed by atoms with Crippen molar-refractivity contribution in [2.24, 2.45) is 5.92 Å². The molecule has 1 aromatic heterocycles. The van der Waals surface area contributed by atoms with Gasteiger partial charge in [-0.15, -0.1) is 0 Å². The van der Waals surface area contributed by atoms with Gasteiger partial charge >= 0.3 is 0 Å². The van der Waals surface area contributed by atoms with Crippen molar-refractivity contribution in [1.82, 2.24) is 15.0 Å². The number of ether oxygens (including phenoxy) is 1. The van der Waals surface area contributed by atoms with E-state index in [0.717, 1.165) is 19.0 Å². The van der Waals surface area contributed by atoms with E-state index in [1.807, 2.05) is 0 Å². The summed E-state index contributed by atoms with van der Waals surface area (Å²) in [5.74, 6) is 2.36. The number of nitrogens with zero attached hydrogens (tertiary/aromatic N) is 4. The summed E-state index contributed by atoms with van der Waals surface area (Å²) >= 11 is 0. The first-order valence-electron chi connectivity index (χ1n) is 7.81. The summed E-state index contributed by atoms with van der Waals surface area (Å²) in [6, 6.07) is 0.445. The normalized spacial score (nSPS) is 26.6. The molecule has 3 rings (SSSR count). The lowest BCUT2D eigenvalue weighted by atomic mass is 9.87. The number of aromatic nitrogens is 3. The van der Waals surface area contributed by atoms with Crippen molar-refractivity contribution in [1.29, 1.82) is 0 Å². The molecule has 0 unspecified atom stereocenters. The Labute approximate surface area is 125 Å². The number of hydrogen-bond donors (Lipinski definition) is 2. The summed E-state index contributed by atoms with van der Waals surface area (Å²) in [6.45, 7) is 5.31. The zero-order chi connectivity index (χ0) is 14.7. The van der Waals surface area contributed by atoms with Crippen molar-refractivity contribution in [3.8, 4) is 0 Å². The highest BCUT2D eigenvalue weighted by Crippen LogP contribution is 2.25. The van der Waals surface area contributed by atoms with Gasteiger partial charge in [-0.2, -0.15) is 15.0 Å². The Bertz CT molecular complexity index is 469. The standard InChI is InChI=1S/C14H24N6O/c1-10-2-4-11(5-3-10)16-13-17-12(15)18-14(19-13)20-6-8-21-9-7-20/h10-11H,2-9H2,1H3,(H3,15,16,17,18,19). The van der Waals surface area contributed by atoms with Crippen molar-refractivity contribution in [3.63, 3.8) is 0 Å². The predicted molar refractivity (Wildman–Crippen MR) is 82.3 cm³/mol. The van der Waals surface area contributed by atoms with Crippen LogP contribution in [0.2, 0.25) is 0 Å². The molecule has 2 heterocycles. The fourth-order valence-electron chi connectivity index (χ4n) is 2.94. The Balaban J connectivity index is 1.68. The number of anilines is 3. The number of hydrogen-bond acceptors (Lipinski definition) is 7. The van der Waals surface area contributed by atoms with Crippen LogP contribution in [-0.2, 0) is 4.74 Å². The molecule has 0 atom stereocenters. The zero-order valence-corrected chi connectivity index (χ0v) is 12.6. The first-order chi connectivity index (χ1) is 10.2. The predicted octanol–water partition coefficient (Wildman–Crippen LogP) is 1.28. The van der Waals surface area contributed by atoms with Crippen LogP contribution in [-0.4, -0.2) is 47.3 Å². The zero-order valence-electron chi connectivity index (χ0n) is 12.6. The van der Waals surface area contributed by atoms with E-state index in [4.69, 9.17) is 10.5 Å².